The van der Waals surface area contributed by atoms with Gasteiger partial charge in [-0.25, -0.2) is 29.9 Å². The van der Waals surface area contributed by atoms with Gasteiger partial charge >= 0.3 is 0 Å². The third-order valence-electron chi connectivity index (χ3n) is 22.5. The molecule has 0 spiro atoms. The second-order valence-electron chi connectivity index (χ2n) is 29.1. The zero-order valence-electron chi connectivity index (χ0n) is 61.5. The van der Waals surface area contributed by atoms with E-state index in [9.17, 15) is 0 Å². The average Bonchev–Trinajstić information content (AvgIpc) is 1.11. The summed E-state index contributed by atoms with van der Waals surface area (Å²) in [6, 6.07) is 137. The van der Waals surface area contributed by atoms with Crippen LogP contribution in [0.1, 0.15) is 0 Å². The molecule has 22 aromatic rings. The molecule has 0 saturated carbocycles. The monoisotopic (exact) mass is 1450 g/mol. The molecular formula is C106H64N6O2. The first-order chi connectivity index (χ1) is 56.4. The molecule has 0 amide bonds. The summed E-state index contributed by atoms with van der Waals surface area (Å²) in [7, 11) is 0. The van der Waals surface area contributed by atoms with E-state index in [1.54, 1.807) is 0 Å². The van der Waals surface area contributed by atoms with Gasteiger partial charge in [0, 0.05) is 43.8 Å². The van der Waals surface area contributed by atoms with Crippen LogP contribution >= 0.6 is 0 Å². The molecule has 0 radical (unpaired) electrons. The Kier molecular flexibility index (Phi) is 15.7. The van der Waals surface area contributed by atoms with Gasteiger partial charge in [-0.1, -0.05) is 328 Å². The highest BCUT2D eigenvalue weighted by molar-refractivity contribution is 6.13. The predicted octanol–water partition coefficient (Wildman–Crippen LogP) is 28.1. The van der Waals surface area contributed by atoms with Crippen molar-refractivity contribution in [2.24, 2.45) is 0 Å². The summed E-state index contributed by atoms with van der Waals surface area (Å²) in [6.07, 6.45) is 0. The molecule has 0 aliphatic carbocycles. The van der Waals surface area contributed by atoms with E-state index in [0.29, 0.717) is 34.9 Å². The molecule has 4 heterocycles. The van der Waals surface area contributed by atoms with Crippen molar-refractivity contribution in [1.29, 1.82) is 0 Å². The first-order valence-corrected chi connectivity index (χ1v) is 38.4. The largest absolute Gasteiger partial charge is 0.455 e. The van der Waals surface area contributed by atoms with Crippen LogP contribution < -0.4 is 0 Å². The molecular weight excluding hydrogens is 1390 g/mol. The van der Waals surface area contributed by atoms with Gasteiger partial charge in [0.15, 0.2) is 34.9 Å². The van der Waals surface area contributed by atoms with E-state index in [2.05, 4.69) is 334 Å². The van der Waals surface area contributed by atoms with Gasteiger partial charge in [0.25, 0.3) is 0 Å². The van der Waals surface area contributed by atoms with Crippen LogP contribution in [0, 0.1) is 0 Å². The predicted molar refractivity (Wildman–Crippen MR) is 468 cm³/mol. The number of aromatic nitrogens is 6. The lowest BCUT2D eigenvalue weighted by Crippen LogP contribution is -2.01. The summed E-state index contributed by atoms with van der Waals surface area (Å²) in [5, 5.41) is 13.1. The number of rotatable bonds is 13. The van der Waals surface area contributed by atoms with Crippen molar-refractivity contribution < 1.29 is 8.83 Å². The van der Waals surface area contributed by atoms with Crippen molar-refractivity contribution in [3.8, 4) is 146 Å². The van der Waals surface area contributed by atoms with Gasteiger partial charge in [-0.3, -0.25) is 0 Å². The third kappa shape index (κ3) is 11.6. The minimum absolute atomic E-state index is 0.531. The van der Waals surface area contributed by atoms with Crippen molar-refractivity contribution in [3.63, 3.8) is 0 Å². The van der Waals surface area contributed by atoms with E-state index in [1.165, 1.54) is 21.9 Å². The Balaban J connectivity index is 0.561. The van der Waals surface area contributed by atoms with Gasteiger partial charge in [0.2, 0.25) is 0 Å². The normalized spacial score (nSPS) is 11.7. The van der Waals surface area contributed by atoms with Gasteiger partial charge in [-0.15, -0.1) is 0 Å². The van der Waals surface area contributed by atoms with Crippen molar-refractivity contribution in [3.05, 3.63) is 388 Å². The Morgan fingerprint density at radius 3 is 0.965 bits per heavy atom. The highest BCUT2D eigenvalue weighted by Crippen LogP contribution is 2.45. The van der Waals surface area contributed by atoms with Crippen LogP contribution in [0.25, 0.3) is 233 Å². The molecule has 530 valence electrons. The molecule has 0 aliphatic heterocycles. The zero-order chi connectivity index (χ0) is 75.2. The second kappa shape index (κ2) is 27.3. The fraction of sp³-hybridized carbons (Fsp3) is 0. The fourth-order valence-corrected chi connectivity index (χ4v) is 16.7. The minimum Gasteiger partial charge on any atom is -0.455 e. The van der Waals surface area contributed by atoms with Gasteiger partial charge in [-0.05, 0) is 182 Å². The molecule has 0 N–H and O–H groups in total. The number of para-hydroxylation sites is 4. The quantitative estimate of drug-likeness (QED) is 0.112. The van der Waals surface area contributed by atoms with Crippen molar-refractivity contribution in [2.75, 3.05) is 0 Å². The molecule has 0 unspecified atom stereocenters. The van der Waals surface area contributed by atoms with Gasteiger partial charge in [0.1, 0.15) is 22.3 Å². The highest BCUT2D eigenvalue weighted by Gasteiger charge is 2.24. The molecule has 114 heavy (non-hydrogen) atoms. The number of fused-ring (bicyclic) bond motifs is 10. The lowest BCUT2D eigenvalue weighted by molar-refractivity contribution is 0.669. The van der Waals surface area contributed by atoms with E-state index in [4.69, 9.17) is 38.7 Å². The molecule has 4 aromatic heterocycles. The van der Waals surface area contributed by atoms with Crippen LogP contribution in [0.2, 0.25) is 0 Å². The third-order valence-corrected chi connectivity index (χ3v) is 22.5. The first kappa shape index (κ1) is 65.7. The minimum atomic E-state index is 0.531. The van der Waals surface area contributed by atoms with Crippen LogP contribution in [0.15, 0.2) is 397 Å². The fourth-order valence-electron chi connectivity index (χ4n) is 16.7. The lowest BCUT2D eigenvalue weighted by Gasteiger charge is -2.15. The maximum Gasteiger partial charge on any atom is 0.167 e. The SMILES string of the molecule is c1ccc(-c2cccc(-c3ccc(-c4nc(-c5ccc(-c6cccc7cc(-c8ccc(-c9cccc(-c%10ccc(-c%11nc(-c%12ccc(-c%13ccc%14ccccc%14c%13)c%13ccccc%12%13)nc(-c%12cccc%13c%12oc%12ccccc%12%13)n%11)cc%10)c9)cc8)ccc67)c6ccccc56)nc(-c5cccc6c5oc5ccccc56)n4)cc3)c2)cc1. The summed E-state index contributed by atoms with van der Waals surface area (Å²) < 4.78 is 13.2. The highest BCUT2D eigenvalue weighted by atomic mass is 16.3. The van der Waals surface area contributed by atoms with E-state index >= 15 is 0 Å². The molecule has 22 rings (SSSR count). The number of nitrogens with zero attached hydrogens (tertiary/aromatic N) is 6. The Morgan fingerprint density at radius 2 is 0.447 bits per heavy atom. The molecule has 8 nitrogen and oxygen atoms in total. The van der Waals surface area contributed by atoms with E-state index in [-0.39, 0.29) is 0 Å². The number of hydrogen-bond acceptors (Lipinski definition) is 8. The summed E-state index contributed by atoms with van der Waals surface area (Å²) in [5.41, 5.74) is 24.1. The smallest absolute Gasteiger partial charge is 0.167 e. The van der Waals surface area contributed by atoms with E-state index in [0.717, 1.165) is 176 Å². The van der Waals surface area contributed by atoms with E-state index in [1.807, 2.05) is 54.6 Å². The van der Waals surface area contributed by atoms with Gasteiger partial charge in [0.05, 0.1) is 11.1 Å². The summed E-state index contributed by atoms with van der Waals surface area (Å²) in [6.45, 7) is 0. The second-order valence-corrected chi connectivity index (χ2v) is 29.1. The molecule has 8 heteroatoms. The van der Waals surface area contributed by atoms with Gasteiger partial charge < -0.3 is 8.83 Å². The molecule has 0 bridgehead atoms. The topological polar surface area (TPSA) is 104 Å². The summed E-state index contributed by atoms with van der Waals surface area (Å²) >= 11 is 0. The van der Waals surface area contributed by atoms with Crippen LogP contribution in [0.5, 0.6) is 0 Å². The maximum atomic E-state index is 6.63. The van der Waals surface area contributed by atoms with Gasteiger partial charge in [-0.2, -0.15) is 0 Å². The standard InChI is InChI=1S/C106H64N6O2/c1-2-19-65(20-3-1)74-23-14-24-75(61-74)68-45-50-72(51-46-68)102-108-104(112-106(110-102)96-38-18-36-92-90-33-11-13-40-98(90)114-100(92)96)94-60-58-88(85-29-7-9-31-87(85)94)84-34-16-27-79-64-78(55-56-81(79)84)70-43-41-67(42-44-70)76-25-15-26-77(62-76)69-47-52-71(53-48-69)101-107-103(111-105(109-101)95-37-17-35-91-89-32-10-12-39-97(89)113-99(91)95)93-59-57-82(83-28-6-8-30-86(83)93)80-54-49-66-21-4-5-22-73(66)63-80/h1-64H. The average molecular weight is 1450 g/mol. The number of hydrogen-bond donors (Lipinski definition) is 0. The van der Waals surface area contributed by atoms with Crippen molar-refractivity contribution in [1.82, 2.24) is 29.9 Å². The lowest BCUT2D eigenvalue weighted by atomic mass is 9.90. The molecule has 0 atom stereocenters. The van der Waals surface area contributed by atoms with Crippen LogP contribution in [0.3, 0.4) is 0 Å². The Labute approximate surface area is 656 Å². The molecule has 0 aliphatic rings. The van der Waals surface area contributed by atoms with Crippen LogP contribution in [-0.4, -0.2) is 29.9 Å². The Morgan fingerprint density at radius 1 is 0.140 bits per heavy atom. The molecule has 0 saturated heterocycles. The van der Waals surface area contributed by atoms with Crippen molar-refractivity contribution >= 4 is 87.0 Å². The maximum absolute atomic E-state index is 6.63. The first-order valence-electron chi connectivity index (χ1n) is 38.4. The number of benzene rings is 18. The molecule has 18 aromatic carbocycles. The van der Waals surface area contributed by atoms with Crippen LogP contribution in [0.4, 0.5) is 0 Å². The van der Waals surface area contributed by atoms with E-state index < -0.39 is 0 Å². The Hall–Kier alpha value is -15.4. The summed E-state index contributed by atoms with van der Waals surface area (Å²) in [5.74, 6) is 3.34. The molecule has 0 fully saturated rings. The number of furan rings is 2. The van der Waals surface area contributed by atoms with Crippen molar-refractivity contribution in [2.45, 2.75) is 0 Å². The Bertz CT molecular complexity index is 7600. The zero-order valence-corrected chi connectivity index (χ0v) is 61.5. The van der Waals surface area contributed by atoms with Crippen LogP contribution in [-0.2, 0) is 0 Å². The summed E-state index contributed by atoms with van der Waals surface area (Å²) in [4.78, 5) is 31.9.